The molecular weight excluding hydrogens is 180 g/mol. The van der Waals surface area contributed by atoms with Crippen LogP contribution in [0.5, 0.6) is 0 Å². The summed E-state index contributed by atoms with van der Waals surface area (Å²) < 4.78 is 0. The smallest absolute Gasteiger partial charge is 0.329 e. The zero-order valence-electron chi connectivity index (χ0n) is 7.99. The highest BCUT2D eigenvalue weighted by atomic mass is 16.7. The molecule has 0 aromatic heterocycles. The monoisotopic (exact) mass is 192 g/mol. The fourth-order valence-corrected chi connectivity index (χ4v) is 1.50. The Bertz CT molecular complexity index is 352. The quantitative estimate of drug-likeness (QED) is 0.730. The second kappa shape index (κ2) is 3.57. The van der Waals surface area contributed by atoms with Crippen LogP contribution in [0.25, 0.3) is 0 Å². The second-order valence-electron chi connectivity index (χ2n) is 3.13. The first-order valence-corrected chi connectivity index (χ1v) is 4.56. The van der Waals surface area contributed by atoms with Crippen molar-refractivity contribution in [3.05, 3.63) is 24.3 Å². The molecule has 1 heterocycles. The zero-order chi connectivity index (χ0) is 9.97. The Balaban J connectivity index is 2.26. The Labute approximate surface area is 82.4 Å². The van der Waals surface area contributed by atoms with Crippen molar-refractivity contribution in [2.45, 2.75) is 6.92 Å². The SMILES string of the molecule is CC(=O)ON1CCNc2ccccc21. The predicted octanol–water partition coefficient (Wildman–Crippen LogP) is 1.40. The fourth-order valence-electron chi connectivity index (χ4n) is 1.50. The molecule has 1 aliphatic heterocycles. The van der Waals surface area contributed by atoms with Crippen LogP contribution in [0.2, 0.25) is 0 Å². The molecule has 0 bridgehead atoms. The van der Waals surface area contributed by atoms with E-state index in [2.05, 4.69) is 5.32 Å². The fraction of sp³-hybridized carbons (Fsp3) is 0.300. The maximum Gasteiger partial charge on any atom is 0.329 e. The molecule has 0 unspecified atom stereocenters. The summed E-state index contributed by atoms with van der Waals surface area (Å²) in [5.74, 6) is -0.290. The molecule has 1 aromatic rings. The zero-order valence-corrected chi connectivity index (χ0v) is 7.99. The number of hydrogen-bond acceptors (Lipinski definition) is 4. The highest BCUT2D eigenvalue weighted by Gasteiger charge is 2.17. The predicted molar refractivity (Wildman–Crippen MR) is 54.0 cm³/mol. The standard InChI is InChI=1S/C10H12N2O2/c1-8(13)14-12-7-6-11-9-4-2-3-5-10(9)12/h2-5,11H,6-7H2,1H3. The summed E-state index contributed by atoms with van der Waals surface area (Å²) in [5.41, 5.74) is 1.91. The molecule has 4 nitrogen and oxygen atoms in total. The molecule has 1 aromatic carbocycles. The van der Waals surface area contributed by atoms with Gasteiger partial charge in [-0.1, -0.05) is 12.1 Å². The minimum Gasteiger partial charge on any atom is -0.381 e. The van der Waals surface area contributed by atoms with Crippen LogP contribution in [0.4, 0.5) is 11.4 Å². The minimum atomic E-state index is -0.290. The van der Waals surface area contributed by atoms with Gasteiger partial charge in [0, 0.05) is 13.5 Å². The molecule has 0 radical (unpaired) electrons. The summed E-state index contributed by atoms with van der Waals surface area (Å²) in [6.45, 7) is 2.87. The van der Waals surface area contributed by atoms with E-state index in [1.807, 2.05) is 24.3 Å². The van der Waals surface area contributed by atoms with Gasteiger partial charge in [-0.15, -0.1) is 0 Å². The lowest BCUT2D eigenvalue weighted by Crippen LogP contribution is -2.35. The van der Waals surface area contributed by atoms with Gasteiger partial charge in [0.15, 0.2) is 0 Å². The van der Waals surface area contributed by atoms with Crippen molar-refractivity contribution >= 4 is 17.3 Å². The van der Waals surface area contributed by atoms with Gasteiger partial charge in [-0.2, -0.15) is 0 Å². The van der Waals surface area contributed by atoms with Gasteiger partial charge in [0.05, 0.1) is 17.9 Å². The van der Waals surface area contributed by atoms with E-state index in [9.17, 15) is 4.79 Å². The molecule has 2 rings (SSSR count). The number of nitrogens with one attached hydrogen (secondary N) is 1. The van der Waals surface area contributed by atoms with Crippen LogP contribution in [-0.2, 0) is 9.63 Å². The molecule has 74 valence electrons. The molecule has 1 N–H and O–H groups in total. The van der Waals surface area contributed by atoms with Gasteiger partial charge in [0.25, 0.3) is 0 Å². The van der Waals surface area contributed by atoms with Gasteiger partial charge in [-0.05, 0) is 12.1 Å². The van der Waals surface area contributed by atoms with Gasteiger partial charge < -0.3 is 10.2 Å². The first kappa shape index (κ1) is 8.87. The van der Waals surface area contributed by atoms with E-state index >= 15 is 0 Å². The number of benzene rings is 1. The lowest BCUT2D eigenvalue weighted by molar-refractivity contribution is -0.142. The summed E-state index contributed by atoms with van der Waals surface area (Å²) in [5, 5.41) is 4.85. The summed E-state index contributed by atoms with van der Waals surface area (Å²) in [6, 6.07) is 7.75. The number of carbonyl (C=O) groups is 1. The average Bonchev–Trinajstić information content (AvgIpc) is 2.18. The van der Waals surface area contributed by atoms with Gasteiger partial charge in [-0.25, -0.2) is 5.06 Å². The van der Waals surface area contributed by atoms with Crippen molar-refractivity contribution in [3.8, 4) is 0 Å². The van der Waals surface area contributed by atoms with Crippen molar-refractivity contribution in [1.82, 2.24) is 0 Å². The highest BCUT2D eigenvalue weighted by molar-refractivity contribution is 5.74. The van der Waals surface area contributed by atoms with E-state index in [-0.39, 0.29) is 5.97 Å². The van der Waals surface area contributed by atoms with Crippen LogP contribution in [0.1, 0.15) is 6.92 Å². The third kappa shape index (κ3) is 1.64. The van der Waals surface area contributed by atoms with Crippen molar-refractivity contribution in [2.75, 3.05) is 23.5 Å². The first-order valence-electron chi connectivity index (χ1n) is 4.56. The summed E-state index contributed by atoms with van der Waals surface area (Å²) in [4.78, 5) is 15.9. The number of nitrogens with zero attached hydrogens (tertiary/aromatic N) is 1. The number of anilines is 2. The lowest BCUT2D eigenvalue weighted by Gasteiger charge is -2.29. The number of fused-ring (bicyclic) bond motifs is 1. The molecule has 0 aliphatic carbocycles. The molecule has 1 aliphatic rings. The Morgan fingerprint density at radius 1 is 1.50 bits per heavy atom. The lowest BCUT2D eigenvalue weighted by atomic mass is 10.2. The van der Waals surface area contributed by atoms with E-state index in [0.29, 0.717) is 6.54 Å². The second-order valence-corrected chi connectivity index (χ2v) is 3.13. The Hall–Kier alpha value is -1.71. The van der Waals surface area contributed by atoms with E-state index in [1.165, 1.54) is 6.92 Å². The van der Waals surface area contributed by atoms with Crippen molar-refractivity contribution < 1.29 is 9.63 Å². The van der Waals surface area contributed by atoms with Gasteiger partial charge >= 0.3 is 5.97 Å². The topological polar surface area (TPSA) is 41.6 Å². The molecule has 0 saturated heterocycles. The Kier molecular flexibility index (Phi) is 2.26. The van der Waals surface area contributed by atoms with Gasteiger partial charge in [0.2, 0.25) is 0 Å². The van der Waals surface area contributed by atoms with Crippen molar-refractivity contribution in [1.29, 1.82) is 0 Å². The van der Waals surface area contributed by atoms with Gasteiger partial charge in [-0.3, -0.25) is 4.79 Å². The van der Waals surface area contributed by atoms with Crippen LogP contribution < -0.4 is 10.4 Å². The third-order valence-corrected chi connectivity index (χ3v) is 2.04. The largest absolute Gasteiger partial charge is 0.381 e. The molecule has 0 saturated carbocycles. The Morgan fingerprint density at radius 2 is 2.29 bits per heavy atom. The minimum absolute atomic E-state index is 0.290. The number of carbonyl (C=O) groups excluding carboxylic acids is 1. The van der Waals surface area contributed by atoms with Crippen LogP contribution in [0.3, 0.4) is 0 Å². The number of hydrogen-bond donors (Lipinski definition) is 1. The molecule has 0 spiro atoms. The molecule has 4 heteroatoms. The normalized spacial score (nSPS) is 14.2. The molecule has 0 atom stereocenters. The molecular formula is C10H12N2O2. The van der Waals surface area contributed by atoms with Crippen LogP contribution in [0.15, 0.2) is 24.3 Å². The first-order chi connectivity index (χ1) is 6.77. The number of hydroxylamine groups is 1. The van der Waals surface area contributed by atoms with E-state index in [1.54, 1.807) is 5.06 Å². The van der Waals surface area contributed by atoms with Gasteiger partial charge in [0.1, 0.15) is 0 Å². The average molecular weight is 192 g/mol. The molecule has 14 heavy (non-hydrogen) atoms. The molecule has 0 fully saturated rings. The van der Waals surface area contributed by atoms with Crippen LogP contribution in [-0.4, -0.2) is 19.1 Å². The van der Waals surface area contributed by atoms with Crippen molar-refractivity contribution in [2.24, 2.45) is 0 Å². The Morgan fingerprint density at radius 3 is 3.07 bits per heavy atom. The summed E-state index contributed by atoms with van der Waals surface area (Å²) in [6.07, 6.45) is 0. The maximum absolute atomic E-state index is 10.8. The number of para-hydroxylation sites is 2. The van der Waals surface area contributed by atoms with E-state index in [0.717, 1.165) is 17.9 Å². The van der Waals surface area contributed by atoms with E-state index < -0.39 is 0 Å². The molecule has 0 amide bonds. The number of rotatable bonds is 1. The van der Waals surface area contributed by atoms with Crippen molar-refractivity contribution in [3.63, 3.8) is 0 Å². The third-order valence-electron chi connectivity index (χ3n) is 2.04. The highest BCUT2D eigenvalue weighted by Crippen LogP contribution is 2.28. The summed E-state index contributed by atoms with van der Waals surface area (Å²) >= 11 is 0. The summed E-state index contributed by atoms with van der Waals surface area (Å²) in [7, 11) is 0. The van der Waals surface area contributed by atoms with Crippen LogP contribution >= 0.6 is 0 Å². The van der Waals surface area contributed by atoms with Crippen LogP contribution in [0, 0.1) is 0 Å². The van der Waals surface area contributed by atoms with E-state index in [4.69, 9.17) is 4.84 Å². The maximum atomic E-state index is 10.8.